The lowest BCUT2D eigenvalue weighted by molar-refractivity contribution is -0.0923. The van der Waals surface area contributed by atoms with Gasteiger partial charge in [-0.3, -0.25) is 28.8 Å². The molecule has 1 aromatic carbocycles. The molecule has 0 spiro atoms. The van der Waals surface area contributed by atoms with Crippen LogP contribution in [0.15, 0.2) is 46.1 Å². The number of unbranched alkanes of at least 4 members (excludes halogenated alkanes) is 5. The molecular weight excluding hydrogens is 486 g/mol. The highest BCUT2D eigenvalue weighted by atomic mass is 16.7. The smallest absolute Gasteiger partial charge is 0.330 e. The average Bonchev–Trinajstić information content (AvgIpc) is 3.33. The van der Waals surface area contributed by atoms with Crippen LogP contribution in [0.3, 0.4) is 0 Å². The Hall–Kier alpha value is -3.16. The molecule has 1 saturated heterocycles. The van der Waals surface area contributed by atoms with E-state index < -0.39 is 54.2 Å². The van der Waals surface area contributed by atoms with Gasteiger partial charge in [0.15, 0.2) is 6.23 Å². The Morgan fingerprint density at radius 1 is 0.892 bits per heavy atom. The number of ether oxygens (including phenoxy) is 2. The fraction of sp³-hybridized carbons (Fsp3) is 0.520. The van der Waals surface area contributed by atoms with E-state index in [0.717, 1.165) is 35.3 Å². The molecule has 2 amide bonds. The molecule has 3 N–H and O–H groups in total. The Bertz CT molecular complexity index is 1180. The molecule has 200 valence electrons. The Morgan fingerprint density at radius 3 is 2.14 bits per heavy atom. The summed E-state index contributed by atoms with van der Waals surface area (Å²) in [6.45, 7) is 0.152. The Labute approximate surface area is 212 Å². The maximum Gasteiger partial charge on any atom is 0.330 e. The summed E-state index contributed by atoms with van der Waals surface area (Å²) in [6, 6.07) is 7.81. The van der Waals surface area contributed by atoms with Crippen molar-refractivity contribution in [2.24, 2.45) is 0 Å². The molecular formula is C25H31N3O9. The second kappa shape index (κ2) is 12.4. The number of carbonyl (C=O) groups is 2. The minimum Gasteiger partial charge on any atom is -0.394 e. The third-order valence-corrected chi connectivity index (χ3v) is 6.44. The molecule has 0 saturated carbocycles. The minimum absolute atomic E-state index is 0.270. The molecule has 2 aliphatic heterocycles. The van der Waals surface area contributed by atoms with Crippen molar-refractivity contribution < 1.29 is 34.1 Å². The predicted molar refractivity (Wildman–Crippen MR) is 129 cm³/mol. The van der Waals surface area contributed by atoms with Crippen molar-refractivity contribution in [3.05, 3.63) is 68.5 Å². The number of imide groups is 1. The average molecular weight is 518 g/mol. The summed E-state index contributed by atoms with van der Waals surface area (Å²) in [5, 5.41) is 20.7. The molecule has 1 unspecified atom stereocenters. The predicted octanol–water partition coefficient (Wildman–Crippen LogP) is 0.741. The number of benzene rings is 1. The number of nitrogens with zero attached hydrogens (tertiary/aromatic N) is 2. The van der Waals surface area contributed by atoms with Crippen molar-refractivity contribution >= 4 is 11.8 Å². The van der Waals surface area contributed by atoms with E-state index in [2.05, 4.69) is 4.98 Å². The molecule has 4 atom stereocenters. The van der Waals surface area contributed by atoms with Gasteiger partial charge in [-0.2, -0.15) is 0 Å². The number of hydrogen-bond donors (Lipinski definition) is 3. The zero-order valence-corrected chi connectivity index (χ0v) is 20.3. The number of fused-ring (bicyclic) bond motifs is 1. The first-order chi connectivity index (χ1) is 17.9. The number of aliphatic hydroxyl groups excluding tert-OH is 2. The van der Waals surface area contributed by atoms with Gasteiger partial charge in [0.1, 0.15) is 18.3 Å². The van der Waals surface area contributed by atoms with Crippen LogP contribution in [0.25, 0.3) is 0 Å². The second-order valence-electron chi connectivity index (χ2n) is 9.00. The normalized spacial score (nSPS) is 23.1. The van der Waals surface area contributed by atoms with Crippen LogP contribution in [0.5, 0.6) is 0 Å². The number of aromatic nitrogens is 2. The van der Waals surface area contributed by atoms with E-state index in [1.54, 1.807) is 24.3 Å². The highest BCUT2D eigenvalue weighted by Gasteiger charge is 2.45. The fourth-order valence-corrected chi connectivity index (χ4v) is 4.47. The van der Waals surface area contributed by atoms with Crippen molar-refractivity contribution in [2.45, 2.75) is 63.1 Å². The number of amides is 2. The summed E-state index contributed by atoms with van der Waals surface area (Å²) in [7, 11) is 0. The molecule has 1 aromatic heterocycles. The van der Waals surface area contributed by atoms with Gasteiger partial charge in [-0.25, -0.2) is 4.79 Å². The molecule has 3 heterocycles. The van der Waals surface area contributed by atoms with E-state index in [9.17, 15) is 29.4 Å². The van der Waals surface area contributed by atoms with Crippen molar-refractivity contribution in [2.75, 3.05) is 19.8 Å². The zero-order valence-electron chi connectivity index (χ0n) is 20.3. The zero-order chi connectivity index (χ0) is 26.4. The first-order valence-corrected chi connectivity index (χ1v) is 12.4. The van der Waals surface area contributed by atoms with Gasteiger partial charge in [-0.05, 0) is 25.0 Å². The SMILES string of the molecule is O=C1c2ccccc2C(=O)N1OCCCCCCCCOC1[C@@H](O)[C@@H](CO)O[C@H]1n1ccc(=O)[nH]c1=O. The number of nitrogens with one attached hydrogen (secondary N) is 1. The van der Waals surface area contributed by atoms with Crippen LogP contribution < -0.4 is 11.2 Å². The molecule has 0 bridgehead atoms. The van der Waals surface area contributed by atoms with Crippen LogP contribution >= 0.6 is 0 Å². The lowest BCUT2D eigenvalue weighted by Crippen LogP contribution is -2.39. The number of hydrogen-bond acceptors (Lipinski definition) is 9. The Kier molecular flexibility index (Phi) is 9.00. The number of carbonyl (C=O) groups excluding carboxylic acids is 2. The Balaban J connectivity index is 1.12. The summed E-state index contributed by atoms with van der Waals surface area (Å²) in [4.78, 5) is 55.6. The molecule has 0 radical (unpaired) electrons. The van der Waals surface area contributed by atoms with Crippen LogP contribution in [-0.4, -0.2) is 74.8 Å². The summed E-state index contributed by atoms with van der Waals surface area (Å²) in [5.41, 5.74) is -0.527. The maximum absolute atomic E-state index is 12.3. The molecule has 2 aromatic rings. The number of hydroxylamine groups is 2. The molecule has 12 nitrogen and oxygen atoms in total. The van der Waals surface area contributed by atoms with Crippen LogP contribution in [0, 0.1) is 0 Å². The first kappa shape index (κ1) is 26.9. The molecule has 1 fully saturated rings. The van der Waals surface area contributed by atoms with Gasteiger partial charge in [0.05, 0.1) is 24.3 Å². The van der Waals surface area contributed by atoms with E-state index in [0.29, 0.717) is 30.6 Å². The van der Waals surface area contributed by atoms with Crippen molar-refractivity contribution in [3.8, 4) is 0 Å². The second-order valence-corrected chi connectivity index (χ2v) is 9.00. The topological polar surface area (TPSA) is 160 Å². The molecule has 12 heteroatoms. The Morgan fingerprint density at radius 2 is 1.51 bits per heavy atom. The highest BCUT2D eigenvalue weighted by Crippen LogP contribution is 2.31. The van der Waals surface area contributed by atoms with Crippen LogP contribution in [0.4, 0.5) is 0 Å². The van der Waals surface area contributed by atoms with E-state index in [-0.39, 0.29) is 6.61 Å². The molecule has 37 heavy (non-hydrogen) atoms. The molecule has 0 aliphatic carbocycles. The van der Waals surface area contributed by atoms with E-state index >= 15 is 0 Å². The number of rotatable bonds is 13. The third-order valence-electron chi connectivity index (χ3n) is 6.44. The van der Waals surface area contributed by atoms with Crippen LogP contribution in [-0.2, 0) is 14.3 Å². The van der Waals surface area contributed by atoms with Crippen LogP contribution in [0.2, 0.25) is 0 Å². The van der Waals surface area contributed by atoms with Gasteiger partial charge in [0, 0.05) is 18.9 Å². The van der Waals surface area contributed by atoms with Gasteiger partial charge < -0.3 is 19.7 Å². The minimum atomic E-state index is -1.13. The third kappa shape index (κ3) is 6.05. The monoisotopic (exact) mass is 517 g/mol. The molecule has 4 rings (SSSR count). The maximum atomic E-state index is 12.3. The van der Waals surface area contributed by atoms with Gasteiger partial charge in [-0.15, -0.1) is 5.06 Å². The highest BCUT2D eigenvalue weighted by molar-refractivity contribution is 6.20. The number of aliphatic hydroxyl groups is 2. The summed E-state index contributed by atoms with van der Waals surface area (Å²) >= 11 is 0. The quantitative estimate of drug-likeness (QED) is 0.257. The lowest BCUT2D eigenvalue weighted by Gasteiger charge is -2.22. The van der Waals surface area contributed by atoms with E-state index in [4.69, 9.17) is 14.3 Å². The van der Waals surface area contributed by atoms with Gasteiger partial charge in [0.2, 0.25) is 0 Å². The van der Waals surface area contributed by atoms with Crippen LogP contribution in [0.1, 0.15) is 65.5 Å². The largest absolute Gasteiger partial charge is 0.394 e. The lowest BCUT2D eigenvalue weighted by atomic mass is 10.1. The summed E-state index contributed by atoms with van der Waals surface area (Å²) < 4.78 is 12.6. The van der Waals surface area contributed by atoms with E-state index in [1.807, 2.05) is 0 Å². The standard InChI is InChI=1S/C25H31N3O9/c29-15-18-20(31)21(24(37-18)27-12-11-19(30)26-25(27)34)35-13-7-3-1-2-4-8-14-36-28-22(32)16-9-5-6-10-17(16)23(28)33/h5-6,9-12,18,20-21,24,29,31H,1-4,7-8,13-15H2,(H,26,30,34)/t18-,20+,21?,24-/m1/s1. The molecule has 2 aliphatic rings. The van der Waals surface area contributed by atoms with Crippen molar-refractivity contribution in [1.82, 2.24) is 14.6 Å². The fourth-order valence-electron chi connectivity index (χ4n) is 4.47. The first-order valence-electron chi connectivity index (χ1n) is 12.4. The number of H-pyrrole nitrogens is 1. The van der Waals surface area contributed by atoms with Crippen molar-refractivity contribution in [3.63, 3.8) is 0 Å². The summed E-state index contributed by atoms with van der Waals surface area (Å²) in [5.74, 6) is -0.868. The van der Waals surface area contributed by atoms with E-state index in [1.165, 1.54) is 12.3 Å². The van der Waals surface area contributed by atoms with Crippen molar-refractivity contribution in [1.29, 1.82) is 0 Å². The number of aromatic amines is 1. The van der Waals surface area contributed by atoms with Gasteiger partial charge >= 0.3 is 5.69 Å². The summed E-state index contributed by atoms with van der Waals surface area (Å²) in [6.07, 6.45) is 2.41. The van der Waals surface area contributed by atoms with Gasteiger partial charge in [-0.1, -0.05) is 37.8 Å². The van der Waals surface area contributed by atoms with Gasteiger partial charge in [0.25, 0.3) is 17.4 Å².